The molecule has 2 heterocycles. The fraction of sp³-hybridized carbons (Fsp3) is 0.133. The fourth-order valence-electron chi connectivity index (χ4n) is 1.65. The number of allylic oxidation sites excluding steroid dienone is 1. The minimum atomic E-state index is 0.215. The van der Waals surface area contributed by atoms with E-state index in [9.17, 15) is 0 Å². The smallest absolute Gasteiger partial charge is 0.234 e. The first-order valence-corrected chi connectivity index (χ1v) is 6.04. The van der Waals surface area contributed by atoms with Crippen LogP contribution in [0.5, 0.6) is 0 Å². The van der Waals surface area contributed by atoms with Crippen LogP contribution in [0.3, 0.4) is 0 Å². The molecular weight excluding hydrogens is 252 g/mol. The predicted molar refractivity (Wildman–Crippen MR) is 76.5 cm³/mol. The minimum absolute atomic E-state index is 0.215. The van der Waals surface area contributed by atoms with Crippen LogP contribution >= 0.6 is 0 Å². The first-order valence-electron chi connectivity index (χ1n) is 6.04. The molecule has 100 valence electrons. The van der Waals surface area contributed by atoms with E-state index in [2.05, 4.69) is 39.0 Å². The number of aromatic nitrogens is 1. The van der Waals surface area contributed by atoms with Crippen LogP contribution in [-0.4, -0.2) is 17.4 Å². The van der Waals surface area contributed by atoms with Crippen molar-refractivity contribution < 1.29 is 4.74 Å². The van der Waals surface area contributed by atoms with Crippen molar-refractivity contribution in [1.29, 1.82) is 0 Å². The van der Waals surface area contributed by atoms with Crippen molar-refractivity contribution >= 4 is 5.87 Å². The quantitative estimate of drug-likeness (QED) is 0.761. The highest BCUT2D eigenvalue weighted by atomic mass is 16.5. The molecule has 2 rings (SSSR count). The normalized spacial score (nSPS) is 21.9. The van der Waals surface area contributed by atoms with E-state index < -0.39 is 0 Å². The third-order valence-corrected chi connectivity index (χ3v) is 2.45. The van der Waals surface area contributed by atoms with E-state index >= 15 is 0 Å². The van der Waals surface area contributed by atoms with Crippen LogP contribution in [-0.2, 0) is 4.74 Å². The highest BCUT2D eigenvalue weighted by molar-refractivity contribution is 5.49. The Labute approximate surface area is 116 Å². The molecule has 0 spiro atoms. The topological polar surface area (TPSA) is 59.2 Å². The van der Waals surface area contributed by atoms with E-state index in [1.807, 2.05) is 19.1 Å². The predicted octanol–water partition coefficient (Wildman–Crippen LogP) is 1.47. The van der Waals surface area contributed by atoms with Gasteiger partial charge in [-0.2, -0.15) is 4.99 Å². The summed E-state index contributed by atoms with van der Waals surface area (Å²) >= 11 is 0. The van der Waals surface area contributed by atoms with Crippen molar-refractivity contribution in [3.63, 3.8) is 0 Å². The van der Waals surface area contributed by atoms with Gasteiger partial charge in [0.15, 0.2) is 5.49 Å². The van der Waals surface area contributed by atoms with Gasteiger partial charge in [-0.05, 0) is 38.1 Å². The molecule has 0 aliphatic carbocycles. The van der Waals surface area contributed by atoms with Gasteiger partial charge in [0.2, 0.25) is 11.8 Å². The van der Waals surface area contributed by atoms with Crippen LogP contribution in [0.4, 0.5) is 0 Å². The molecule has 5 nitrogen and oxygen atoms in total. The molecule has 0 bridgehead atoms. The second-order valence-corrected chi connectivity index (χ2v) is 3.87. The van der Waals surface area contributed by atoms with Crippen LogP contribution in [0, 0.1) is 0 Å². The molecule has 0 atom stereocenters. The van der Waals surface area contributed by atoms with Crippen LogP contribution in [0.25, 0.3) is 0 Å². The van der Waals surface area contributed by atoms with E-state index in [0.717, 1.165) is 5.57 Å². The summed E-state index contributed by atoms with van der Waals surface area (Å²) in [6, 6.07) is 3.59. The number of pyridine rings is 1. The Morgan fingerprint density at radius 3 is 3.10 bits per heavy atom. The average Bonchev–Trinajstić information content (AvgIpc) is 2.49. The molecule has 0 amide bonds. The molecule has 20 heavy (non-hydrogen) atoms. The van der Waals surface area contributed by atoms with Crippen LogP contribution in [0.1, 0.15) is 6.92 Å². The summed E-state index contributed by atoms with van der Waals surface area (Å²) in [5.74, 6) is 3.01. The Morgan fingerprint density at radius 2 is 2.35 bits per heavy atom. The highest BCUT2D eigenvalue weighted by Crippen LogP contribution is 2.14. The first kappa shape index (κ1) is 13.6. The van der Waals surface area contributed by atoms with E-state index in [4.69, 9.17) is 4.74 Å². The number of ether oxygens (including phenoxy) is 1. The van der Waals surface area contributed by atoms with Crippen molar-refractivity contribution in [2.45, 2.75) is 6.92 Å². The molecule has 1 aliphatic rings. The molecule has 1 aliphatic heterocycles. The second-order valence-electron chi connectivity index (χ2n) is 3.87. The number of rotatable bonds is 2. The monoisotopic (exact) mass is 266 g/mol. The molecule has 0 saturated heterocycles. The van der Waals surface area contributed by atoms with Gasteiger partial charge in [-0.1, -0.05) is 12.2 Å². The first-order chi connectivity index (χ1) is 9.74. The maximum Gasteiger partial charge on any atom is 0.234 e. The molecule has 0 unspecified atom stereocenters. The Balaban J connectivity index is 2.64. The highest BCUT2D eigenvalue weighted by Gasteiger charge is 2.08. The van der Waals surface area contributed by atoms with Crippen LogP contribution < -0.4 is 10.8 Å². The lowest BCUT2D eigenvalue weighted by Gasteiger charge is -2.06. The van der Waals surface area contributed by atoms with E-state index in [-0.39, 0.29) is 5.88 Å². The molecule has 0 saturated carbocycles. The summed E-state index contributed by atoms with van der Waals surface area (Å²) in [7, 11) is 0. The van der Waals surface area contributed by atoms with Gasteiger partial charge < -0.3 is 4.74 Å². The van der Waals surface area contributed by atoms with Crippen molar-refractivity contribution in [3.05, 3.63) is 71.8 Å². The number of aliphatic imine (C=N–C) groups is 1. The van der Waals surface area contributed by atoms with Crippen molar-refractivity contribution in [2.75, 3.05) is 6.54 Å². The number of hydrogen-bond donors (Lipinski definition) is 0. The summed E-state index contributed by atoms with van der Waals surface area (Å²) in [6.45, 7) is 9.49. The zero-order chi connectivity index (χ0) is 14.4. The molecule has 1 aromatic rings. The Hall–Kier alpha value is -2.78. The van der Waals surface area contributed by atoms with Gasteiger partial charge in [0.05, 0.1) is 6.54 Å². The molecule has 0 aromatic carbocycles. The zero-order valence-electron chi connectivity index (χ0n) is 11.2. The molecule has 1 aromatic heterocycles. The van der Waals surface area contributed by atoms with Gasteiger partial charge in [-0.3, -0.25) is 4.99 Å². The third kappa shape index (κ3) is 3.16. The Morgan fingerprint density at radius 1 is 1.50 bits per heavy atom. The zero-order valence-corrected chi connectivity index (χ0v) is 11.2. The summed E-state index contributed by atoms with van der Waals surface area (Å²) in [4.78, 5) is 16.9. The van der Waals surface area contributed by atoms with Gasteiger partial charge in [-0.15, -0.1) is 0 Å². The molecule has 0 fully saturated rings. The Bertz CT molecular complexity index is 752. The molecule has 0 radical (unpaired) electrons. The summed E-state index contributed by atoms with van der Waals surface area (Å²) in [6.07, 6.45) is 5.41. The van der Waals surface area contributed by atoms with Gasteiger partial charge in [0, 0.05) is 11.8 Å². The van der Waals surface area contributed by atoms with Gasteiger partial charge in [0.25, 0.3) is 0 Å². The summed E-state index contributed by atoms with van der Waals surface area (Å²) in [5.41, 5.74) is 1.32. The molecular formula is C15H14N4O. The Kier molecular flexibility index (Phi) is 4.37. The summed E-state index contributed by atoms with van der Waals surface area (Å²) in [5, 5.41) is 0.612. The van der Waals surface area contributed by atoms with Crippen LogP contribution in [0.2, 0.25) is 0 Å². The number of fused-ring (bicyclic) bond motifs is 1. The lowest BCUT2D eigenvalue weighted by molar-refractivity contribution is 0.295. The van der Waals surface area contributed by atoms with Crippen LogP contribution in [0.15, 0.2) is 76.0 Å². The van der Waals surface area contributed by atoms with Crippen molar-refractivity contribution in [1.82, 2.24) is 4.98 Å². The van der Waals surface area contributed by atoms with E-state index in [1.165, 1.54) is 0 Å². The van der Waals surface area contributed by atoms with Crippen molar-refractivity contribution in [3.8, 4) is 0 Å². The lowest BCUT2D eigenvalue weighted by Crippen LogP contribution is -2.28. The fourth-order valence-corrected chi connectivity index (χ4v) is 1.65. The standard InChI is InChI=1S/C15H14N4O/c1-4-7-12-10-18-14-13(8-6-9-17-14)19-11(3)20-15(12)16-5-2/h4,6-9H,2-3,10H2,1H3/b7-4-,15-12-,18-14+,19-13-. The number of nitrogens with zero attached hydrogens (tertiary/aromatic N) is 4. The van der Waals surface area contributed by atoms with E-state index in [0.29, 0.717) is 23.3 Å². The molecule has 0 N–H and O–H groups in total. The third-order valence-electron chi connectivity index (χ3n) is 2.45. The minimum Gasteiger partial charge on any atom is -0.420 e. The van der Waals surface area contributed by atoms with E-state index in [1.54, 1.807) is 18.3 Å². The van der Waals surface area contributed by atoms with Crippen molar-refractivity contribution in [2.24, 2.45) is 15.0 Å². The lowest BCUT2D eigenvalue weighted by atomic mass is 10.2. The maximum atomic E-state index is 5.54. The van der Waals surface area contributed by atoms with Gasteiger partial charge in [-0.25, -0.2) is 9.98 Å². The summed E-state index contributed by atoms with van der Waals surface area (Å²) < 4.78 is 5.54. The number of hydrogen-bond acceptors (Lipinski definition) is 5. The van der Waals surface area contributed by atoms with Gasteiger partial charge >= 0.3 is 0 Å². The van der Waals surface area contributed by atoms with Gasteiger partial charge in [0.1, 0.15) is 5.36 Å². The second kappa shape index (κ2) is 6.41. The molecule has 5 heteroatoms. The average molecular weight is 266 g/mol. The largest absolute Gasteiger partial charge is 0.420 e. The maximum absolute atomic E-state index is 5.54. The SMILES string of the molecule is C=C=N/C1=C(\C=C/C)C/N=c2/nccc/c2=N/C(=C)O1.